The van der Waals surface area contributed by atoms with E-state index in [0.29, 0.717) is 47.5 Å². The van der Waals surface area contributed by atoms with Crippen LogP contribution in [0.3, 0.4) is 0 Å². The van der Waals surface area contributed by atoms with Gasteiger partial charge in [-0.2, -0.15) is 0 Å². The number of aliphatic hydroxyl groups excluding tert-OH is 1. The Morgan fingerprint density at radius 3 is 2.49 bits per heavy atom. The van der Waals surface area contributed by atoms with Gasteiger partial charge in [0.2, 0.25) is 0 Å². The minimum Gasteiger partial charge on any atom is -0.462 e. The number of piperidine rings is 1. The molecule has 0 bridgehead atoms. The Kier molecular flexibility index (Phi) is 9.64. The first-order valence-corrected chi connectivity index (χ1v) is 19.6. The molecular weight excluding hydrogens is 592 g/mol. The van der Waals surface area contributed by atoms with E-state index in [0.717, 1.165) is 77.2 Å². The number of carbonyl (C=O) groups excluding carboxylic acids is 2. The lowest BCUT2D eigenvalue weighted by atomic mass is 9.49. The van der Waals surface area contributed by atoms with E-state index in [9.17, 15) is 14.7 Å². The summed E-state index contributed by atoms with van der Waals surface area (Å²) in [6.45, 7) is 7.12. The number of allylic oxidation sites excluding steroid dienone is 1. The summed E-state index contributed by atoms with van der Waals surface area (Å²) < 4.78 is 20.8. The summed E-state index contributed by atoms with van der Waals surface area (Å²) in [5, 5.41) is 12.4. The first-order chi connectivity index (χ1) is 22.6. The van der Waals surface area contributed by atoms with Crippen LogP contribution in [0, 0.1) is 46.8 Å². The predicted octanol–water partition coefficient (Wildman–Crippen LogP) is 5.16. The maximum Gasteiger partial charge on any atom is 0.334 e. The van der Waals surface area contributed by atoms with Crippen molar-refractivity contribution in [3.05, 3.63) is 11.6 Å². The van der Waals surface area contributed by atoms with Crippen LogP contribution < -0.4 is 11.1 Å². The van der Waals surface area contributed by atoms with Gasteiger partial charge >= 0.3 is 11.9 Å². The third kappa shape index (κ3) is 5.93. The molecule has 0 aromatic carbocycles. The van der Waals surface area contributed by atoms with Crippen LogP contribution in [0.1, 0.15) is 130 Å². The van der Waals surface area contributed by atoms with E-state index >= 15 is 0 Å². The molecule has 0 aromatic heterocycles. The van der Waals surface area contributed by atoms with Crippen molar-refractivity contribution < 1.29 is 34.2 Å². The van der Waals surface area contributed by atoms with Gasteiger partial charge in [-0.15, -0.1) is 0 Å². The van der Waals surface area contributed by atoms with Crippen LogP contribution in [0.2, 0.25) is 0 Å². The number of quaternary nitrogens is 1. The molecule has 12 atom stereocenters. The molecule has 5 N–H and O–H groups in total. The lowest BCUT2D eigenvalue weighted by Crippen LogP contribution is -2.96. The second-order valence-electron chi connectivity index (χ2n) is 17.4. The molecule has 9 unspecified atom stereocenters. The zero-order valence-electron chi connectivity index (χ0n) is 29.4. The van der Waals surface area contributed by atoms with Crippen molar-refractivity contribution in [1.29, 1.82) is 0 Å². The van der Waals surface area contributed by atoms with Gasteiger partial charge in [-0.3, -0.25) is 10.5 Å². The van der Waals surface area contributed by atoms with Crippen LogP contribution in [0.15, 0.2) is 11.6 Å². The molecule has 7 fully saturated rings. The van der Waals surface area contributed by atoms with E-state index in [2.05, 4.69) is 12.2 Å². The standard InChI is InChI=1S/C39H62N2O6/c1-4-24(2)35(43)47-37(3)21-25-10-6-7-11-29(25)34(26-12-13-33(40)41-23-26)39(37)22-28-18-27-19-30(36(44)45-31(27)20-32(28)46-39)38(16-17-42)14-8-5-9-15-38/h4,25-34,41-42H,5-23,40H2,1-3H3/p+1/t25?,26?,27?,28?,29?,30?,31?,32?,33?,34-,37-,39+/m1/s1. The summed E-state index contributed by atoms with van der Waals surface area (Å²) in [4.78, 5) is 27.4. The Labute approximate surface area is 282 Å². The fourth-order valence-corrected chi connectivity index (χ4v) is 12.6. The van der Waals surface area contributed by atoms with Crippen LogP contribution >= 0.6 is 0 Å². The highest BCUT2D eigenvalue weighted by Crippen LogP contribution is 2.65. The second-order valence-corrected chi connectivity index (χ2v) is 17.4. The molecule has 0 amide bonds. The van der Waals surface area contributed by atoms with Crippen molar-refractivity contribution in [1.82, 2.24) is 0 Å². The summed E-state index contributed by atoms with van der Waals surface area (Å²) in [6.07, 6.45) is 19.6. The smallest absolute Gasteiger partial charge is 0.334 e. The number of hydrogen-bond acceptors (Lipinski definition) is 7. The van der Waals surface area contributed by atoms with E-state index in [1.807, 2.05) is 19.9 Å². The molecule has 3 saturated heterocycles. The van der Waals surface area contributed by atoms with Gasteiger partial charge in [-0.25, -0.2) is 4.79 Å². The number of ether oxygens (including phenoxy) is 3. The highest BCUT2D eigenvalue weighted by Gasteiger charge is 2.70. The topological polar surface area (TPSA) is 125 Å². The van der Waals surface area contributed by atoms with Gasteiger partial charge in [-0.1, -0.05) is 44.6 Å². The number of carbonyl (C=O) groups is 2. The molecule has 7 aliphatic rings. The molecular formula is C39H63N2O6+. The SMILES string of the molecule is CC=C(C)C(=O)O[C@]1(C)CC2CCCCC2[C@@H](C2CCC(N)[NH2+]C2)[C@@]12CC1CC3CC(C4(CCO)CCCCC4)C(=O)OC3CC1O2. The number of rotatable bonds is 6. The summed E-state index contributed by atoms with van der Waals surface area (Å²) in [5.41, 5.74) is 5.65. The zero-order chi connectivity index (χ0) is 33.0. The van der Waals surface area contributed by atoms with Gasteiger partial charge in [0.05, 0.1) is 18.6 Å². The molecule has 7 rings (SSSR count). The second kappa shape index (κ2) is 13.3. The Hall–Kier alpha value is -1.48. The molecule has 8 nitrogen and oxygen atoms in total. The predicted molar refractivity (Wildman–Crippen MR) is 179 cm³/mol. The number of hydrogen-bond donors (Lipinski definition) is 3. The highest BCUT2D eigenvalue weighted by atomic mass is 16.6. The summed E-state index contributed by atoms with van der Waals surface area (Å²) in [5.74, 6) is 2.18. The van der Waals surface area contributed by atoms with Crippen LogP contribution in [0.4, 0.5) is 0 Å². The normalized spacial score (nSPS) is 46.6. The summed E-state index contributed by atoms with van der Waals surface area (Å²) in [7, 11) is 0. The van der Waals surface area contributed by atoms with Gasteiger partial charge in [-0.05, 0) is 108 Å². The average Bonchev–Trinajstić information content (AvgIpc) is 3.44. The average molecular weight is 656 g/mol. The van der Waals surface area contributed by atoms with Crippen molar-refractivity contribution in [2.24, 2.45) is 52.6 Å². The molecule has 264 valence electrons. The Balaban J connectivity index is 1.22. The molecule has 1 spiro atoms. The van der Waals surface area contributed by atoms with E-state index in [1.165, 1.54) is 32.1 Å². The minimum atomic E-state index is -0.730. The molecule has 0 radical (unpaired) electrons. The van der Waals surface area contributed by atoms with Crippen molar-refractivity contribution in [3.63, 3.8) is 0 Å². The molecule has 0 aromatic rings. The molecule has 47 heavy (non-hydrogen) atoms. The van der Waals surface area contributed by atoms with E-state index in [-0.39, 0.29) is 48.3 Å². The van der Waals surface area contributed by atoms with E-state index in [4.69, 9.17) is 19.9 Å². The molecule has 8 heteroatoms. The number of nitrogens with two attached hydrogens (primary N) is 2. The van der Waals surface area contributed by atoms with Crippen molar-refractivity contribution in [2.75, 3.05) is 13.2 Å². The van der Waals surface area contributed by atoms with E-state index < -0.39 is 11.2 Å². The molecule has 3 heterocycles. The maximum absolute atomic E-state index is 13.8. The Morgan fingerprint density at radius 1 is 0.979 bits per heavy atom. The van der Waals surface area contributed by atoms with Gasteiger partial charge in [0, 0.05) is 36.9 Å². The largest absolute Gasteiger partial charge is 0.462 e. The van der Waals surface area contributed by atoms with Crippen molar-refractivity contribution in [3.8, 4) is 0 Å². The van der Waals surface area contributed by atoms with E-state index in [1.54, 1.807) is 0 Å². The van der Waals surface area contributed by atoms with Crippen LogP contribution in [-0.4, -0.2) is 59.8 Å². The third-order valence-electron chi connectivity index (χ3n) is 15.0. The van der Waals surface area contributed by atoms with Gasteiger partial charge in [0.25, 0.3) is 0 Å². The molecule has 4 aliphatic carbocycles. The van der Waals surface area contributed by atoms with Crippen molar-refractivity contribution in [2.45, 2.75) is 160 Å². The Morgan fingerprint density at radius 2 is 1.77 bits per heavy atom. The van der Waals surface area contributed by atoms with Crippen LogP contribution in [0.25, 0.3) is 0 Å². The third-order valence-corrected chi connectivity index (χ3v) is 15.0. The summed E-state index contributed by atoms with van der Waals surface area (Å²) in [6, 6.07) is 0. The number of esters is 2. The van der Waals surface area contributed by atoms with Crippen LogP contribution in [-0.2, 0) is 23.8 Å². The fourth-order valence-electron chi connectivity index (χ4n) is 12.6. The summed E-state index contributed by atoms with van der Waals surface area (Å²) >= 11 is 0. The van der Waals surface area contributed by atoms with Gasteiger partial charge in [0.15, 0.2) is 0 Å². The van der Waals surface area contributed by atoms with Gasteiger partial charge in [0.1, 0.15) is 23.5 Å². The zero-order valence-corrected chi connectivity index (χ0v) is 29.4. The number of fused-ring (bicyclic) bond motifs is 3. The fraction of sp³-hybridized carbons (Fsp3) is 0.897. The van der Waals surface area contributed by atoms with Gasteiger partial charge < -0.3 is 24.6 Å². The maximum atomic E-state index is 13.8. The molecule has 4 saturated carbocycles. The highest BCUT2D eigenvalue weighted by molar-refractivity contribution is 5.88. The van der Waals surface area contributed by atoms with Crippen molar-refractivity contribution >= 4 is 11.9 Å². The van der Waals surface area contributed by atoms with Crippen LogP contribution in [0.5, 0.6) is 0 Å². The lowest BCUT2D eigenvalue weighted by molar-refractivity contribution is -0.704. The molecule has 3 aliphatic heterocycles. The lowest BCUT2D eigenvalue weighted by Gasteiger charge is -2.61. The monoisotopic (exact) mass is 655 g/mol. The first kappa shape index (κ1) is 34.0. The first-order valence-electron chi connectivity index (χ1n) is 19.6. The number of aliphatic hydroxyl groups is 1. The quantitative estimate of drug-likeness (QED) is 0.267. The minimum absolute atomic E-state index is 0.00000793. The Bertz CT molecular complexity index is 1190.